The summed E-state index contributed by atoms with van der Waals surface area (Å²) in [4.78, 5) is 19.6. The molecule has 0 radical (unpaired) electrons. The zero-order chi connectivity index (χ0) is 22.0. The van der Waals surface area contributed by atoms with Gasteiger partial charge in [-0.2, -0.15) is 13.2 Å². The lowest BCUT2D eigenvalue weighted by Gasteiger charge is -2.13. The lowest BCUT2D eigenvalue weighted by Crippen LogP contribution is -2.26. The van der Waals surface area contributed by atoms with E-state index in [1.165, 1.54) is 12.1 Å². The van der Waals surface area contributed by atoms with E-state index in [1.54, 1.807) is 42.9 Å². The van der Waals surface area contributed by atoms with Gasteiger partial charge >= 0.3 is 6.18 Å². The van der Waals surface area contributed by atoms with Gasteiger partial charge in [0.1, 0.15) is 11.5 Å². The average Bonchev–Trinajstić information content (AvgIpc) is 3.28. The number of rotatable bonds is 5. The Kier molecular flexibility index (Phi) is 5.37. The topological polar surface area (TPSA) is 67.0 Å². The number of aromatic nitrogens is 2. The van der Waals surface area contributed by atoms with Crippen LogP contribution in [0, 0.1) is 0 Å². The number of hydrogen-bond donors (Lipinski definition) is 2. The fraction of sp³-hybridized carbons (Fsp3) is 0.130. The standard InChI is InChI=1S/C23H18F3N3O2/c1-14(20-12-27-13-28-20)29-22(30)16-5-10-19-15(11-16)3-2-4-21(19)31-18-8-6-17(7-9-18)23(24,25)26/h2-14H,1H3,(H,27,28)(H,29,30). The normalized spacial score (nSPS) is 12.5. The van der Waals surface area contributed by atoms with Gasteiger partial charge < -0.3 is 15.0 Å². The van der Waals surface area contributed by atoms with E-state index in [-0.39, 0.29) is 17.7 Å². The number of carbonyl (C=O) groups excluding carboxylic acids is 1. The van der Waals surface area contributed by atoms with Crippen LogP contribution in [0.4, 0.5) is 13.2 Å². The van der Waals surface area contributed by atoms with Gasteiger partial charge in [0.05, 0.1) is 23.6 Å². The van der Waals surface area contributed by atoms with Crippen molar-refractivity contribution in [1.29, 1.82) is 0 Å². The molecule has 1 aromatic heterocycles. The van der Waals surface area contributed by atoms with Gasteiger partial charge in [-0.25, -0.2) is 4.98 Å². The van der Waals surface area contributed by atoms with E-state index in [0.29, 0.717) is 11.3 Å². The monoisotopic (exact) mass is 425 g/mol. The van der Waals surface area contributed by atoms with Gasteiger partial charge in [0.15, 0.2) is 0 Å². The summed E-state index contributed by atoms with van der Waals surface area (Å²) < 4.78 is 44.0. The Labute approximate surface area is 175 Å². The van der Waals surface area contributed by atoms with Crippen LogP contribution in [0.5, 0.6) is 11.5 Å². The highest BCUT2D eigenvalue weighted by atomic mass is 19.4. The van der Waals surface area contributed by atoms with Crippen molar-refractivity contribution in [2.75, 3.05) is 0 Å². The van der Waals surface area contributed by atoms with Crippen molar-refractivity contribution in [2.45, 2.75) is 19.1 Å². The summed E-state index contributed by atoms with van der Waals surface area (Å²) in [7, 11) is 0. The molecule has 0 aliphatic rings. The van der Waals surface area contributed by atoms with E-state index in [9.17, 15) is 18.0 Å². The first kappa shape index (κ1) is 20.5. The van der Waals surface area contributed by atoms with Gasteiger partial charge in [0.25, 0.3) is 5.91 Å². The van der Waals surface area contributed by atoms with Crippen LogP contribution >= 0.6 is 0 Å². The summed E-state index contributed by atoms with van der Waals surface area (Å²) in [5.41, 5.74) is 0.459. The Morgan fingerprint density at radius 1 is 1.10 bits per heavy atom. The number of nitrogens with one attached hydrogen (secondary N) is 2. The lowest BCUT2D eigenvalue weighted by molar-refractivity contribution is -0.137. The number of fused-ring (bicyclic) bond motifs is 1. The first-order valence-electron chi connectivity index (χ1n) is 9.49. The van der Waals surface area contributed by atoms with Crippen LogP contribution in [0.1, 0.15) is 34.6 Å². The summed E-state index contributed by atoms with van der Waals surface area (Å²) in [6.45, 7) is 1.84. The van der Waals surface area contributed by atoms with Crippen LogP contribution in [0.3, 0.4) is 0 Å². The molecule has 4 aromatic rings. The third kappa shape index (κ3) is 4.53. The third-order valence-electron chi connectivity index (χ3n) is 4.82. The minimum atomic E-state index is -4.40. The largest absolute Gasteiger partial charge is 0.457 e. The predicted molar refractivity (Wildman–Crippen MR) is 110 cm³/mol. The molecule has 3 aromatic carbocycles. The maximum absolute atomic E-state index is 12.7. The van der Waals surface area contributed by atoms with Crippen molar-refractivity contribution < 1.29 is 22.7 Å². The van der Waals surface area contributed by atoms with Gasteiger partial charge in [-0.1, -0.05) is 12.1 Å². The minimum Gasteiger partial charge on any atom is -0.457 e. The number of hydrogen-bond acceptors (Lipinski definition) is 3. The van der Waals surface area contributed by atoms with E-state index in [2.05, 4.69) is 15.3 Å². The van der Waals surface area contributed by atoms with Crippen LogP contribution in [-0.2, 0) is 6.18 Å². The van der Waals surface area contributed by atoms with Crippen molar-refractivity contribution >= 4 is 16.7 Å². The Morgan fingerprint density at radius 2 is 1.87 bits per heavy atom. The fourth-order valence-electron chi connectivity index (χ4n) is 3.19. The van der Waals surface area contributed by atoms with Gasteiger partial charge in [0, 0.05) is 17.1 Å². The zero-order valence-corrected chi connectivity index (χ0v) is 16.4. The van der Waals surface area contributed by atoms with E-state index < -0.39 is 11.7 Å². The predicted octanol–water partition coefficient (Wildman–Crippen LogP) is 5.87. The number of ether oxygens (including phenoxy) is 1. The second-order valence-corrected chi connectivity index (χ2v) is 7.01. The van der Waals surface area contributed by atoms with Gasteiger partial charge in [0.2, 0.25) is 0 Å². The highest BCUT2D eigenvalue weighted by molar-refractivity contribution is 6.00. The van der Waals surface area contributed by atoms with Crippen molar-refractivity contribution in [3.63, 3.8) is 0 Å². The van der Waals surface area contributed by atoms with Crippen molar-refractivity contribution in [1.82, 2.24) is 15.3 Å². The number of H-pyrrole nitrogens is 1. The fourth-order valence-corrected chi connectivity index (χ4v) is 3.19. The minimum absolute atomic E-state index is 0.244. The molecule has 0 saturated carbocycles. The quantitative estimate of drug-likeness (QED) is 0.421. The molecular formula is C23H18F3N3O2. The Hall–Kier alpha value is -3.81. The zero-order valence-electron chi connectivity index (χ0n) is 16.4. The highest BCUT2D eigenvalue weighted by Crippen LogP contribution is 2.33. The molecule has 1 unspecified atom stereocenters. The molecule has 0 aliphatic carbocycles. The van der Waals surface area contributed by atoms with E-state index in [4.69, 9.17) is 4.74 Å². The Balaban J connectivity index is 1.55. The van der Waals surface area contributed by atoms with Crippen molar-refractivity contribution in [3.05, 3.63) is 90.0 Å². The number of nitrogens with zero attached hydrogens (tertiary/aromatic N) is 1. The lowest BCUT2D eigenvalue weighted by atomic mass is 10.1. The molecule has 1 atom stereocenters. The molecule has 0 bridgehead atoms. The van der Waals surface area contributed by atoms with E-state index >= 15 is 0 Å². The molecule has 158 valence electrons. The smallest absolute Gasteiger partial charge is 0.416 e. The van der Waals surface area contributed by atoms with Crippen molar-refractivity contribution in [2.24, 2.45) is 0 Å². The maximum Gasteiger partial charge on any atom is 0.416 e. The van der Waals surface area contributed by atoms with Crippen LogP contribution in [0.2, 0.25) is 0 Å². The molecule has 0 aliphatic heterocycles. The summed E-state index contributed by atoms with van der Waals surface area (Å²) in [6, 6.07) is 14.7. The molecule has 0 saturated heterocycles. The molecule has 2 N–H and O–H groups in total. The first-order valence-corrected chi connectivity index (χ1v) is 9.49. The number of alkyl halides is 3. The molecule has 1 heterocycles. The molecule has 0 fully saturated rings. The van der Waals surface area contributed by atoms with Gasteiger partial charge in [-0.05, 0) is 60.8 Å². The molecular weight excluding hydrogens is 407 g/mol. The van der Waals surface area contributed by atoms with Crippen molar-refractivity contribution in [3.8, 4) is 11.5 Å². The third-order valence-corrected chi connectivity index (χ3v) is 4.82. The molecule has 4 rings (SSSR count). The number of amides is 1. The summed E-state index contributed by atoms with van der Waals surface area (Å²) in [5.74, 6) is 0.524. The Morgan fingerprint density at radius 3 is 2.55 bits per heavy atom. The summed E-state index contributed by atoms with van der Waals surface area (Å²) >= 11 is 0. The summed E-state index contributed by atoms with van der Waals surface area (Å²) in [5, 5.41) is 4.39. The van der Waals surface area contributed by atoms with Gasteiger partial charge in [-0.15, -0.1) is 0 Å². The first-order chi connectivity index (χ1) is 14.8. The second kappa shape index (κ2) is 8.14. The molecule has 0 spiro atoms. The van der Waals surface area contributed by atoms with Crippen LogP contribution < -0.4 is 10.1 Å². The number of carbonyl (C=O) groups is 1. The number of halogens is 3. The maximum atomic E-state index is 12.7. The molecule has 8 heteroatoms. The van der Waals surface area contributed by atoms with Gasteiger partial charge in [-0.3, -0.25) is 4.79 Å². The molecule has 31 heavy (non-hydrogen) atoms. The summed E-state index contributed by atoms with van der Waals surface area (Å²) in [6.07, 6.45) is -1.13. The van der Waals surface area contributed by atoms with Crippen LogP contribution in [0.25, 0.3) is 10.8 Å². The number of aromatic amines is 1. The average molecular weight is 425 g/mol. The number of imidazole rings is 1. The van der Waals surface area contributed by atoms with E-state index in [0.717, 1.165) is 28.6 Å². The second-order valence-electron chi connectivity index (χ2n) is 7.01. The molecule has 5 nitrogen and oxygen atoms in total. The number of benzene rings is 3. The van der Waals surface area contributed by atoms with Crippen LogP contribution in [-0.4, -0.2) is 15.9 Å². The van der Waals surface area contributed by atoms with E-state index in [1.807, 2.05) is 13.0 Å². The van der Waals surface area contributed by atoms with Crippen LogP contribution in [0.15, 0.2) is 73.2 Å². The highest BCUT2D eigenvalue weighted by Gasteiger charge is 2.30. The Bertz CT molecular complexity index is 1200. The SMILES string of the molecule is CC(NC(=O)c1ccc2c(Oc3ccc(C(F)(F)F)cc3)cccc2c1)c1c[nH]cn1. The molecule has 1 amide bonds.